The second-order valence-corrected chi connectivity index (χ2v) is 4.78. The van der Waals surface area contributed by atoms with E-state index in [0.29, 0.717) is 6.10 Å². The third kappa shape index (κ3) is 2.30. The Morgan fingerprint density at radius 1 is 1.62 bits per heavy atom. The van der Waals surface area contributed by atoms with Crippen molar-refractivity contribution in [2.75, 3.05) is 5.33 Å². The van der Waals surface area contributed by atoms with Gasteiger partial charge in [0.2, 0.25) is 0 Å². The van der Waals surface area contributed by atoms with Gasteiger partial charge in [-0.3, -0.25) is 0 Å². The van der Waals surface area contributed by atoms with E-state index in [-0.39, 0.29) is 6.10 Å². The van der Waals surface area contributed by atoms with Crippen molar-refractivity contribution in [3.8, 4) is 0 Å². The molecule has 0 radical (unpaired) electrons. The van der Waals surface area contributed by atoms with E-state index in [0.717, 1.165) is 16.8 Å². The summed E-state index contributed by atoms with van der Waals surface area (Å²) in [6.07, 6.45) is 6.02. The first-order chi connectivity index (χ1) is 6.40. The normalized spacial score (nSPS) is 29.0. The predicted molar refractivity (Wildman–Crippen MR) is 57.4 cm³/mol. The van der Waals surface area contributed by atoms with E-state index >= 15 is 0 Å². The van der Waals surface area contributed by atoms with Gasteiger partial charge < -0.3 is 4.74 Å². The third-order valence-electron chi connectivity index (χ3n) is 2.25. The molecular weight excluding hydrogens is 250 g/mol. The molecular formula is C9H12BrNOS. The lowest BCUT2D eigenvalue weighted by molar-refractivity contribution is -0.0384. The van der Waals surface area contributed by atoms with Gasteiger partial charge in [-0.25, -0.2) is 4.98 Å². The zero-order valence-electron chi connectivity index (χ0n) is 7.28. The molecule has 1 saturated heterocycles. The molecule has 1 aromatic heterocycles. The van der Waals surface area contributed by atoms with Crippen LogP contribution in [0.4, 0.5) is 0 Å². The highest BCUT2D eigenvalue weighted by atomic mass is 79.9. The summed E-state index contributed by atoms with van der Waals surface area (Å²) in [5.41, 5.74) is 0. The first-order valence-electron chi connectivity index (χ1n) is 4.51. The van der Waals surface area contributed by atoms with E-state index < -0.39 is 0 Å². The summed E-state index contributed by atoms with van der Waals surface area (Å²) < 4.78 is 5.88. The average Bonchev–Trinajstić information content (AvgIpc) is 2.71. The van der Waals surface area contributed by atoms with E-state index in [9.17, 15) is 0 Å². The third-order valence-corrected chi connectivity index (χ3v) is 3.84. The highest BCUT2D eigenvalue weighted by molar-refractivity contribution is 9.09. The molecule has 2 nitrogen and oxygen atoms in total. The molecule has 0 saturated carbocycles. The van der Waals surface area contributed by atoms with Gasteiger partial charge in [-0.1, -0.05) is 15.9 Å². The van der Waals surface area contributed by atoms with Crippen LogP contribution in [-0.4, -0.2) is 16.4 Å². The Morgan fingerprint density at radius 2 is 2.54 bits per heavy atom. The number of aromatic nitrogens is 1. The maximum atomic E-state index is 5.88. The van der Waals surface area contributed by atoms with Crippen molar-refractivity contribution < 1.29 is 4.74 Å². The summed E-state index contributed by atoms with van der Waals surface area (Å²) in [6, 6.07) is 0. The first kappa shape index (κ1) is 9.62. The Morgan fingerprint density at radius 3 is 3.23 bits per heavy atom. The number of hydrogen-bond donors (Lipinski definition) is 0. The number of alkyl halides is 1. The van der Waals surface area contributed by atoms with Crippen molar-refractivity contribution in [2.45, 2.75) is 31.5 Å². The van der Waals surface area contributed by atoms with E-state index in [1.165, 1.54) is 12.8 Å². The lowest BCUT2D eigenvalue weighted by Gasteiger charge is -2.27. The van der Waals surface area contributed by atoms with Crippen LogP contribution in [-0.2, 0) is 4.74 Å². The molecule has 13 heavy (non-hydrogen) atoms. The molecule has 2 rings (SSSR count). The predicted octanol–water partition coefficient (Wildman–Crippen LogP) is 3.15. The minimum Gasteiger partial charge on any atom is -0.367 e. The maximum absolute atomic E-state index is 5.88. The van der Waals surface area contributed by atoms with Gasteiger partial charge in [-0.15, -0.1) is 11.3 Å². The van der Waals surface area contributed by atoms with Crippen LogP contribution in [0, 0.1) is 0 Å². The van der Waals surface area contributed by atoms with E-state index in [1.807, 2.05) is 11.6 Å². The smallest absolute Gasteiger partial charge is 0.121 e. The van der Waals surface area contributed by atoms with Gasteiger partial charge >= 0.3 is 0 Å². The molecule has 0 spiro atoms. The average molecular weight is 262 g/mol. The first-order valence-corrected chi connectivity index (χ1v) is 6.51. The van der Waals surface area contributed by atoms with Crippen molar-refractivity contribution in [1.82, 2.24) is 4.98 Å². The quantitative estimate of drug-likeness (QED) is 0.764. The zero-order valence-corrected chi connectivity index (χ0v) is 9.68. The van der Waals surface area contributed by atoms with E-state index in [2.05, 4.69) is 20.9 Å². The van der Waals surface area contributed by atoms with Gasteiger partial charge in [0.25, 0.3) is 0 Å². The molecule has 2 atom stereocenters. The number of nitrogens with zero attached hydrogens (tertiary/aromatic N) is 1. The zero-order chi connectivity index (χ0) is 9.10. The molecule has 72 valence electrons. The van der Waals surface area contributed by atoms with Gasteiger partial charge in [-0.05, 0) is 19.3 Å². The molecule has 0 aliphatic carbocycles. The molecule has 0 bridgehead atoms. The summed E-state index contributed by atoms with van der Waals surface area (Å²) >= 11 is 5.15. The summed E-state index contributed by atoms with van der Waals surface area (Å²) in [7, 11) is 0. The van der Waals surface area contributed by atoms with Gasteiger partial charge in [-0.2, -0.15) is 0 Å². The number of halogens is 1. The Kier molecular flexibility index (Phi) is 3.35. The number of ether oxygens (including phenoxy) is 1. The van der Waals surface area contributed by atoms with Crippen LogP contribution in [0.2, 0.25) is 0 Å². The minimum absolute atomic E-state index is 0.247. The fraction of sp³-hybridized carbons (Fsp3) is 0.667. The van der Waals surface area contributed by atoms with Gasteiger partial charge in [0.1, 0.15) is 11.1 Å². The Hall–Kier alpha value is 0.0700. The molecule has 1 aliphatic rings. The van der Waals surface area contributed by atoms with Crippen LogP contribution in [0.1, 0.15) is 30.4 Å². The van der Waals surface area contributed by atoms with Crippen molar-refractivity contribution in [3.63, 3.8) is 0 Å². The van der Waals surface area contributed by atoms with Crippen molar-refractivity contribution in [1.29, 1.82) is 0 Å². The topological polar surface area (TPSA) is 22.1 Å². The van der Waals surface area contributed by atoms with E-state index in [4.69, 9.17) is 4.74 Å². The monoisotopic (exact) mass is 261 g/mol. The van der Waals surface area contributed by atoms with Crippen LogP contribution >= 0.6 is 27.3 Å². The molecule has 1 aromatic rings. The summed E-state index contributed by atoms with van der Waals surface area (Å²) in [4.78, 5) is 4.29. The summed E-state index contributed by atoms with van der Waals surface area (Å²) in [6.45, 7) is 0. The molecule has 0 amide bonds. The highest BCUT2D eigenvalue weighted by Gasteiger charge is 2.24. The molecule has 4 heteroatoms. The van der Waals surface area contributed by atoms with Crippen LogP contribution < -0.4 is 0 Å². The highest BCUT2D eigenvalue weighted by Crippen LogP contribution is 2.32. The molecule has 1 aliphatic heterocycles. The van der Waals surface area contributed by atoms with E-state index in [1.54, 1.807) is 11.3 Å². The molecule has 2 unspecified atom stereocenters. The second kappa shape index (κ2) is 4.53. The molecule has 1 fully saturated rings. The number of hydrogen-bond acceptors (Lipinski definition) is 3. The minimum atomic E-state index is 0.247. The molecule has 0 N–H and O–H groups in total. The number of thiazole rings is 1. The van der Waals surface area contributed by atoms with Crippen molar-refractivity contribution in [2.24, 2.45) is 0 Å². The van der Waals surface area contributed by atoms with Gasteiger partial charge in [0.05, 0.1) is 6.10 Å². The summed E-state index contributed by atoms with van der Waals surface area (Å²) in [5, 5.41) is 4.08. The lowest BCUT2D eigenvalue weighted by Crippen LogP contribution is -2.23. The van der Waals surface area contributed by atoms with Crippen LogP contribution in [0.3, 0.4) is 0 Å². The SMILES string of the molecule is BrCC1CCCC(c2nccs2)O1. The Labute approximate surface area is 90.5 Å². The Balaban J connectivity index is 2.00. The summed E-state index contributed by atoms with van der Waals surface area (Å²) in [5.74, 6) is 0. The largest absolute Gasteiger partial charge is 0.367 e. The fourth-order valence-corrected chi connectivity index (χ4v) is 2.77. The maximum Gasteiger partial charge on any atom is 0.121 e. The van der Waals surface area contributed by atoms with Gasteiger partial charge in [0.15, 0.2) is 0 Å². The number of rotatable bonds is 2. The van der Waals surface area contributed by atoms with Crippen molar-refractivity contribution in [3.05, 3.63) is 16.6 Å². The fourth-order valence-electron chi connectivity index (χ4n) is 1.59. The Bertz CT molecular complexity index is 252. The van der Waals surface area contributed by atoms with Crippen LogP contribution in [0.5, 0.6) is 0 Å². The lowest BCUT2D eigenvalue weighted by atomic mass is 10.1. The molecule has 0 aromatic carbocycles. The van der Waals surface area contributed by atoms with Crippen molar-refractivity contribution >= 4 is 27.3 Å². The van der Waals surface area contributed by atoms with Crippen LogP contribution in [0.25, 0.3) is 0 Å². The van der Waals surface area contributed by atoms with Crippen LogP contribution in [0.15, 0.2) is 11.6 Å². The van der Waals surface area contributed by atoms with Gasteiger partial charge in [0, 0.05) is 16.9 Å². The second-order valence-electron chi connectivity index (χ2n) is 3.20. The molecule has 2 heterocycles. The standard InChI is InChI=1S/C9H12BrNOS/c10-6-7-2-1-3-8(12-7)9-11-4-5-13-9/h4-5,7-8H,1-3,6H2.